The number of nitrogens with two attached hydrogens (primary N) is 1. The van der Waals surface area contributed by atoms with Crippen molar-refractivity contribution in [1.29, 1.82) is 0 Å². The molecule has 0 aromatic carbocycles. The molecule has 2 rings (SSSR count). The molecule has 0 radical (unpaired) electrons. The number of carboxylic acids is 1. The molecule has 0 spiro atoms. The number of aromatic nitrogens is 1. The summed E-state index contributed by atoms with van der Waals surface area (Å²) in [4.78, 5) is 29.3. The maximum absolute atomic E-state index is 10.9. The zero-order valence-corrected chi connectivity index (χ0v) is 12.8. The Bertz CT molecular complexity index is 693. The minimum absolute atomic E-state index is 0.150. The van der Waals surface area contributed by atoms with Gasteiger partial charge >= 0.3 is 13.6 Å². The normalized spacial score (nSPS) is 13.0. The highest BCUT2D eigenvalue weighted by molar-refractivity contribution is 7.51. The van der Waals surface area contributed by atoms with Crippen molar-refractivity contribution < 1.29 is 33.5 Å². The Hall–Kier alpha value is -1.71. The summed E-state index contributed by atoms with van der Waals surface area (Å²) in [6.45, 7) is 0. The number of hydrogen-bond acceptors (Lipinski definition) is 7. The second kappa shape index (κ2) is 6.59. The highest BCUT2D eigenvalue weighted by Crippen LogP contribution is 2.38. The maximum atomic E-state index is 10.9. The monoisotopic (exact) mass is 348 g/mol. The topological polar surface area (TPSA) is 156 Å². The first-order valence-corrected chi connectivity index (χ1v) is 8.64. The smallest absolute Gasteiger partial charge is 0.362 e. The second-order valence-electron chi connectivity index (χ2n) is 4.36. The highest BCUT2D eigenvalue weighted by atomic mass is 32.1. The fraction of sp³-hybridized carbons (Fsp3) is 0.273. The molecule has 0 saturated heterocycles. The molecule has 22 heavy (non-hydrogen) atoms. The van der Waals surface area contributed by atoms with Crippen LogP contribution in [-0.4, -0.2) is 38.4 Å². The molecule has 120 valence electrons. The van der Waals surface area contributed by atoms with Gasteiger partial charge in [-0.25, -0.2) is 0 Å². The third-order valence-electron chi connectivity index (χ3n) is 2.61. The molecule has 2 aromatic rings. The van der Waals surface area contributed by atoms with Gasteiger partial charge in [0.2, 0.25) is 0 Å². The Labute approximate surface area is 128 Å². The Morgan fingerprint density at radius 2 is 2.27 bits per heavy atom. The summed E-state index contributed by atoms with van der Waals surface area (Å²) in [6, 6.07) is 2.27. The van der Waals surface area contributed by atoms with Crippen molar-refractivity contribution in [1.82, 2.24) is 5.16 Å². The number of hydrogen-bond donors (Lipinski definition) is 4. The van der Waals surface area contributed by atoms with Gasteiger partial charge in [0.15, 0.2) is 12.1 Å². The highest BCUT2D eigenvalue weighted by Gasteiger charge is 2.26. The molecule has 1 atom stereocenters. The lowest BCUT2D eigenvalue weighted by Gasteiger charge is -2.09. The minimum Gasteiger partial charge on any atom is -0.480 e. The van der Waals surface area contributed by atoms with E-state index in [-0.39, 0.29) is 23.6 Å². The molecule has 0 aliphatic heterocycles. The first kappa shape index (κ1) is 16.7. The summed E-state index contributed by atoms with van der Waals surface area (Å²) in [7, 11) is -4.40. The second-order valence-corrected chi connectivity index (χ2v) is 6.89. The van der Waals surface area contributed by atoms with Gasteiger partial charge in [0.25, 0.3) is 5.88 Å². The van der Waals surface area contributed by atoms with Crippen molar-refractivity contribution in [3.8, 4) is 16.5 Å². The predicted octanol–water partition coefficient (Wildman–Crippen LogP) is 0.871. The van der Waals surface area contributed by atoms with Gasteiger partial charge in [0, 0.05) is 6.42 Å². The van der Waals surface area contributed by atoms with E-state index in [1.807, 2.05) is 0 Å². The van der Waals surface area contributed by atoms with Crippen LogP contribution in [0.3, 0.4) is 0 Å². The van der Waals surface area contributed by atoms with Crippen LogP contribution in [-0.2, 0) is 15.8 Å². The number of thiophene rings is 1. The van der Waals surface area contributed by atoms with Gasteiger partial charge in [-0.2, -0.15) is 0 Å². The van der Waals surface area contributed by atoms with Crippen LogP contribution in [0.4, 0.5) is 0 Å². The summed E-state index contributed by atoms with van der Waals surface area (Å²) in [6.07, 6.45) is -1.04. The summed E-state index contributed by atoms with van der Waals surface area (Å²) in [5.74, 6) is -1.13. The van der Waals surface area contributed by atoms with E-state index in [1.165, 1.54) is 11.3 Å². The molecule has 2 heterocycles. The number of aliphatic carboxylic acids is 1. The number of nitrogens with zero attached hydrogens (tertiary/aromatic N) is 1. The van der Waals surface area contributed by atoms with Crippen LogP contribution >= 0.6 is 18.9 Å². The zero-order chi connectivity index (χ0) is 16.3. The summed E-state index contributed by atoms with van der Waals surface area (Å²) >= 11 is 1.33. The van der Waals surface area contributed by atoms with Crippen molar-refractivity contribution in [2.45, 2.75) is 12.5 Å². The van der Waals surface area contributed by atoms with Crippen LogP contribution in [0.25, 0.3) is 10.6 Å². The molecule has 0 aliphatic rings. The lowest BCUT2D eigenvalue weighted by molar-refractivity contribution is -0.138. The van der Waals surface area contributed by atoms with E-state index in [9.17, 15) is 9.36 Å². The van der Waals surface area contributed by atoms with Crippen LogP contribution < -0.4 is 10.5 Å². The van der Waals surface area contributed by atoms with Crippen LogP contribution in [0.5, 0.6) is 5.88 Å². The zero-order valence-electron chi connectivity index (χ0n) is 11.1. The van der Waals surface area contributed by atoms with Gasteiger partial charge in [-0.1, -0.05) is 6.07 Å². The molecule has 0 unspecified atom stereocenters. The van der Waals surface area contributed by atoms with Crippen LogP contribution in [0.15, 0.2) is 22.0 Å². The largest absolute Gasteiger partial charge is 0.480 e. The quantitative estimate of drug-likeness (QED) is 0.533. The van der Waals surface area contributed by atoms with Gasteiger partial charge in [0.1, 0.15) is 6.04 Å². The molecular weight excluding hydrogens is 335 g/mol. The van der Waals surface area contributed by atoms with Crippen molar-refractivity contribution in [3.63, 3.8) is 0 Å². The molecule has 9 nitrogen and oxygen atoms in total. The average molecular weight is 348 g/mol. The van der Waals surface area contributed by atoms with E-state index in [1.54, 1.807) is 17.5 Å². The fourth-order valence-corrected chi connectivity index (χ4v) is 2.66. The molecule has 5 N–H and O–H groups in total. The maximum Gasteiger partial charge on any atom is 0.362 e. The van der Waals surface area contributed by atoms with E-state index in [4.69, 9.17) is 29.9 Å². The van der Waals surface area contributed by atoms with Gasteiger partial charge in [-0.15, -0.1) is 11.3 Å². The molecule has 2 aromatic heterocycles. The van der Waals surface area contributed by atoms with Crippen molar-refractivity contribution in [3.05, 3.63) is 23.1 Å². The lowest BCUT2D eigenvalue weighted by Crippen LogP contribution is -2.32. The average Bonchev–Trinajstić information content (AvgIpc) is 3.04. The number of carboxylic acid groups (broad SMARTS) is 1. The van der Waals surface area contributed by atoms with Crippen molar-refractivity contribution in [2.24, 2.45) is 5.73 Å². The minimum atomic E-state index is -4.40. The van der Waals surface area contributed by atoms with Gasteiger partial charge < -0.3 is 29.9 Å². The third kappa shape index (κ3) is 4.15. The van der Waals surface area contributed by atoms with E-state index >= 15 is 0 Å². The van der Waals surface area contributed by atoms with Crippen LogP contribution in [0.1, 0.15) is 5.56 Å². The van der Waals surface area contributed by atoms with Gasteiger partial charge in [-0.3, -0.25) is 9.36 Å². The lowest BCUT2D eigenvalue weighted by atomic mass is 10.1. The van der Waals surface area contributed by atoms with Crippen LogP contribution in [0.2, 0.25) is 0 Å². The van der Waals surface area contributed by atoms with E-state index in [2.05, 4.69) is 5.16 Å². The molecule has 0 aliphatic carbocycles. The van der Waals surface area contributed by atoms with Crippen molar-refractivity contribution in [2.75, 3.05) is 6.35 Å². The van der Waals surface area contributed by atoms with Crippen molar-refractivity contribution >= 4 is 24.9 Å². The molecule has 0 fully saturated rings. The van der Waals surface area contributed by atoms with Gasteiger partial charge in [0.05, 0.1) is 10.4 Å². The molecule has 11 heteroatoms. The molecule has 0 bridgehead atoms. The SMILES string of the molecule is N[C@@H](Cc1c(OCP(=O)(O)O)noc1-c1cccs1)C(=O)O. The first-order chi connectivity index (χ1) is 10.3. The standard InChI is InChI=1S/C11H13N2O7PS/c12-7(11(14)15)4-6-9(8-2-1-3-22-8)20-13-10(6)19-5-21(16,17)18/h1-3,7H,4-5,12H2,(H,14,15)(H2,16,17,18)/t7-/m0/s1. The Morgan fingerprint density at radius 3 is 2.82 bits per heavy atom. The molecular formula is C11H13N2O7PS. The Morgan fingerprint density at radius 1 is 1.55 bits per heavy atom. The van der Waals surface area contributed by atoms with Crippen LogP contribution in [0, 0.1) is 0 Å². The summed E-state index contributed by atoms with van der Waals surface area (Å²) in [5, 5.41) is 14.3. The molecule has 0 saturated carbocycles. The fourth-order valence-electron chi connectivity index (χ4n) is 1.64. The Kier molecular flexibility index (Phi) is 4.99. The molecule has 0 amide bonds. The van der Waals surface area contributed by atoms with Gasteiger partial charge in [-0.05, 0) is 16.6 Å². The third-order valence-corrected chi connectivity index (χ3v) is 3.94. The summed E-state index contributed by atoms with van der Waals surface area (Å²) in [5.41, 5.74) is 5.76. The summed E-state index contributed by atoms with van der Waals surface area (Å²) < 4.78 is 20.9. The predicted molar refractivity (Wildman–Crippen MR) is 76.7 cm³/mol. The Balaban J connectivity index is 2.33. The number of carbonyl (C=O) groups is 1. The number of ether oxygens (including phenoxy) is 1. The van der Waals surface area contributed by atoms with E-state index in [0.29, 0.717) is 4.88 Å². The number of rotatable bonds is 7. The van der Waals surface area contributed by atoms with E-state index in [0.717, 1.165) is 0 Å². The van der Waals surface area contributed by atoms with E-state index < -0.39 is 26.0 Å². The first-order valence-electron chi connectivity index (χ1n) is 5.96.